The highest BCUT2D eigenvalue weighted by Gasteiger charge is 2.13. The summed E-state index contributed by atoms with van der Waals surface area (Å²) in [5.41, 5.74) is 6.10. The lowest BCUT2D eigenvalue weighted by atomic mass is 10.1. The number of ether oxygens (including phenoxy) is 1. The Hall–Kier alpha value is -1.97. The molecule has 0 saturated carbocycles. The first-order chi connectivity index (χ1) is 9.02. The van der Waals surface area contributed by atoms with E-state index in [1.54, 1.807) is 12.1 Å². The predicted octanol–water partition coefficient (Wildman–Crippen LogP) is 3.56. The first-order valence-electron chi connectivity index (χ1n) is 6.28. The molecule has 0 fully saturated rings. The average molecular weight is 262 g/mol. The fraction of sp³-hybridized carbons (Fsp3) is 0.333. The van der Waals surface area contributed by atoms with Gasteiger partial charge in [0, 0.05) is 23.0 Å². The van der Waals surface area contributed by atoms with Gasteiger partial charge in [-0.3, -0.25) is 4.68 Å². The summed E-state index contributed by atoms with van der Waals surface area (Å²) in [7, 11) is 1.53. The third-order valence-corrected chi connectivity index (χ3v) is 3.27. The van der Waals surface area contributed by atoms with E-state index in [1.165, 1.54) is 13.2 Å². The molecule has 1 aromatic heterocycles. The molecule has 1 unspecified atom stereocenters. The Morgan fingerprint density at radius 2 is 1.79 bits per heavy atom. The summed E-state index contributed by atoms with van der Waals surface area (Å²) in [5.74, 6) is 0.267. The van der Waals surface area contributed by atoms with Crippen molar-refractivity contribution in [3.8, 4) is 5.75 Å². The zero-order valence-corrected chi connectivity index (χ0v) is 11.7. The van der Waals surface area contributed by atoms with Gasteiger partial charge >= 0.3 is 0 Å². The summed E-state index contributed by atoms with van der Waals surface area (Å²) in [6.45, 7) is 5.96. The molecular formula is C15H19FN2O. The minimum Gasteiger partial charge on any atom is -0.497 e. The first kappa shape index (κ1) is 13.5. The molecule has 0 saturated heterocycles. The number of nitrogens with one attached hydrogen (secondary N) is 1. The van der Waals surface area contributed by atoms with E-state index in [2.05, 4.69) is 5.43 Å². The SMILES string of the molecule is COc1ccc(C(C)Nn2c(C)ccc2C)c(F)c1. The molecule has 1 atom stereocenters. The van der Waals surface area contributed by atoms with Gasteiger partial charge in [-0.05, 0) is 39.0 Å². The van der Waals surface area contributed by atoms with E-state index in [0.717, 1.165) is 11.4 Å². The minimum atomic E-state index is -0.262. The monoisotopic (exact) mass is 262 g/mol. The quantitative estimate of drug-likeness (QED) is 0.911. The van der Waals surface area contributed by atoms with Crippen molar-refractivity contribution < 1.29 is 9.13 Å². The van der Waals surface area contributed by atoms with Crippen molar-refractivity contribution in [2.45, 2.75) is 26.8 Å². The molecule has 2 aromatic rings. The van der Waals surface area contributed by atoms with Crippen LogP contribution in [0, 0.1) is 19.7 Å². The Morgan fingerprint density at radius 1 is 1.16 bits per heavy atom. The van der Waals surface area contributed by atoms with Gasteiger partial charge in [-0.2, -0.15) is 0 Å². The molecule has 4 heteroatoms. The Labute approximate surface area is 113 Å². The van der Waals surface area contributed by atoms with Gasteiger partial charge in [0.15, 0.2) is 0 Å². The second-order valence-electron chi connectivity index (χ2n) is 4.69. The second kappa shape index (κ2) is 5.34. The van der Waals surface area contributed by atoms with Crippen molar-refractivity contribution in [1.29, 1.82) is 0 Å². The number of benzene rings is 1. The number of hydrogen-bond donors (Lipinski definition) is 1. The van der Waals surface area contributed by atoms with Gasteiger partial charge in [-0.15, -0.1) is 0 Å². The third-order valence-electron chi connectivity index (χ3n) is 3.27. The fourth-order valence-corrected chi connectivity index (χ4v) is 2.12. The summed E-state index contributed by atoms with van der Waals surface area (Å²) < 4.78 is 21.0. The van der Waals surface area contributed by atoms with Crippen molar-refractivity contribution in [1.82, 2.24) is 4.68 Å². The number of halogens is 1. The van der Waals surface area contributed by atoms with E-state index in [4.69, 9.17) is 4.74 Å². The van der Waals surface area contributed by atoms with Crippen LogP contribution in [-0.2, 0) is 0 Å². The van der Waals surface area contributed by atoms with Crippen LogP contribution in [0.2, 0.25) is 0 Å². The highest BCUT2D eigenvalue weighted by molar-refractivity contribution is 5.32. The van der Waals surface area contributed by atoms with Gasteiger partial charge in [0.25, 0.3) is 0 Å². The number of methoxy groups -OCH3 is 1. The number of aromatic nitrogens is 1. The van der Waals surface area contributed by atoms with Crippen LogP contribution in [0.1, 0.15) is 29.9 Å². The zero-order chi connectivity index (χ0) is 14.0. The highest BCUT2D eigenvalue weighted by atomic mass is 19.1. The molecule has 3 nitrogen and oxygen atoms in total. The molecule has 0 amide bonds. The maximum absolute atomic E-state index is 14.0. The lowest BCUT2D eigenvalue weighted by molar-refractivity contribution is 0.410. The highest BCUT2D eigenvalue weighted by Crippen LogP contribution is 2.23. The molecule has 0 bridgehead atoms. The number of rotatable bonds is 4. The largest absolute Gasteiger partial charge is 0.497 e. The standard InChI is InChI=1S/C15H19FN2O/c1-10-5-6-11(2)18(10)17-12(3)14-8-7-13(19-4)9-15(14)16/h5-9,12,17H,1-4H3. The summed E-state index contributed by atoms with van der Waals surface area (Å²) in [5, 5.41) is 0. The Morgan fingerprint density at radius 3 is 2.32 bits per heavy atom. The van der Waals surface area contributed by atoms with Crippen molar-refractivity contribution in [2.24, 2.45) is 0 Å². The number of aryl methyl sites for hydroxylation is 2. The molecule has 0 aliphatic heterocycles. The summed E-state index contributed by atoms with van der Waals surface area (Å²) in [6, 6.07) is 8.85. The molecule has 0 aliphatic carbocycles. The Bertz CT molecular complexity index is 558. The topological polar surface area (TPSA) is 26.2 Å². The van der Waals surface area contributed by atoms with Crippen molar-refractivity contribution in [2.75, 3.05) is 12.5 Å². The Balaban J connectivity index is 2.23. The molecule has 0 radical (unpaired) electrons. The smallest absolute Gasteiger partial charge is 0.132 e. The van der Waals surface area contributed by atoms with Crippen LogP contribution in [0.3, 0.4) is 0 Å². The van der Waals surface area contributed by atoms with Gasteiger partial charge in [0.1, 0.15) is 11.6 Å². The molecule has 102 valence electrons. The summed E-state index contributed by atoms with van der Waals surface area (Å²) >= 11 is 0. The van der Waals surface area contributed by atoms with Crippen LogP contribution in [0.4, 0.5) is 4.39 Å². The minimum absolute atomic E-state index is 0.129. The van der Waals surface area contributed by atoms with Gasteiger partial charge in [-0.1, -0.05) is 6.07 Å². The van der Waals surface area contributed by atoms with Crippen molar-refractivity contribution in [3.63, 3.8) is 0 Å². The van der Waals surface area contributed by atoms with Gasteiger partial charge in [0.05, 0.1) is 13.2 Å². The van der Waals surface area contributed by atoms with Crippen LogP contribution >= 0.6 is 0 Å². The number of nitrogens with zero attached hydrogens (tertiary/aromatic N) is 1. The Kier molecular flexibility index (Phi) is 3.79. The van der Waals surface area contributed by atoms with Crippen LogP contribution in [-0.4, -0.2) is 11.8 Å². The molecule has 19 heavy (non-hydrogen) atoms. The molecule has 1 aromatic carbocycles. The van der Waals surface area contributed by atoms with Crippen LogP contribution < -0.4 is 10.2 Å². The lowest BCUT2D eigenvalue weighted by Crippen LogP contribution is -2.21. The third kappa shape index (κ3) is 2.72. The molecule has 0 aliphatic rings. The van der Waals surface area contributed by atoms with Crippen LogP contribution in [0.5, 0.6) is 5.75 Å². The predicted molar refractivity (Wildman–Crippen MR) is 74.6 cm³/mol. The molecule has 1 N–H and O–H groups in total. The maximum Gasteiger partial charge on any atom is 0.132 e. The van der Waals surface area contributed by atoms with E-state index in [-0.39, 0.29) is 11.9 Å². The van der Waals surface area contributed by atoms with E-state index in [0.29, 0.717) is 11.3 Å². The van der Waals surface area contributed by atoms with E-state index >= 15 is 0 Å². The normalized spacial score (nSPS) is 12.3. The molecular weight excluding hydrogens is 243 g/mol. The molecule has 2 rings (SSSR count). The van der Waals surface area contributed by atoms with Gasteiger partial charge in [-0.25, -0.2) is 4.39 Å². The number of hydrogen-bond acceptors (Lipinski definition) is 2. The maximum atomic E-state index is 14.0. The first-order valence-corrected chi connectivity index (χ1v) is 6.28. The van der Waals surface area contributed by atoms with Crippen LogP contribution in [0.15, 0.2) is 30.3 Å². The van der Waals surface area contributed by atoms with E-state index in [1.807, 2.05) is 37.6 Å². The van der Waals surface area contributed by atoms with Gasteiger partial charge < -0.3 is 10.2 Å². The second-order valence-corrected chi connectivity index (χ2v) is 4.69. The summed E-state index contributed by atoms with van der Waals surface area (Å²) in [4.78, 5) is 0. The average Bonchev–Trinajstić information content (AvgIpc) is 2.70. The molecule has 0 spiro atoms. The van der Waals surface area contributed by atoms with E-state index in [9.17, 15) is 4.39 Å². The van der Waals surface area contributed by atoms with Crippen molar-refractivity contribution in [3.05, 3.63) is 53.1 Å². The zero-order valence-electron chi connectivity index (χ0n) is 11.7. The van der Waals surface area contributed by atoms with E-state index < -0.39 is 0 Å². The fourth-order valence-electron chi connectivity index (χ4n) is 2.12. The summed E-state index contributed by atoms with van der Waals surface area (Å²) in [6.07, 6.45) is 0. The van der Waals surface area contributed by atoms with Gasteiger partial charge in [0.2, 0.25) is 0 Å². The van der Waals surface area contributed by atoms with Crippen LogP contribution in [0.25, 0.3) is 0 Å². The lowest BCUT2D eigenvalue weighted by Gasteiger charge is -2.20. The molecule has 1 heterocycles. The van der Waals surface area contributed by atoms with Crippen molar-refractivity contribution >= 4 is 0 Å².